The molecule has 18 heavy (non-hydrogen) atoms. The topological polar surface area (TPSA) is 46.2 Å². The van der Waals surface area contributed by atoms with E-state index in [1.54, 1.807) is 0 Å². The first kappa shape index (κ1) is 15.4. The lowest BCUT2D eigenvalue weighted by molar-refractivity contribution is 0.397. The van der Waals surface area contributed by atoms with Crippen molar-refractivity contribution in [2.45, 2.75) is 27.2 Å². The maximum Gasteiger partial charge on any atom is 0.232 e. The van der Waals surface area contributed by atoms with Gasteiger partial charge in [0.05, 0.1) is 11.4 Å². The first-order chi connectivity index (χ1) is 8.09. The van der Waals surface area contributed by atoms with Crippen LogP contribution in [0.2, 0.25) is 0 Å². The SMILES string of the molecule is CC(C)(C)CCS(=O)(=O)Nc1cc(F)ccc1Br. The minimum atomic E-state index is -3.45. The van der Waals surface area contributed by atoms with E-state index in [4.69, 9.17) is 0 Å². The first-order valence-corrected chi connectivity index (χ1v) is 7.99. The van der Waals surface area contributed by atoms with E-state index in [9.17, 15) is 12.8 Å². The van der Waals surface area contributed by atoms with Crippen LogP contribution in [0.1, 0.15) is 27.2 Å². The third-order valence-corrected chi connectivity index (χ3v) is 4.28. The van der Waals surface area contributed by atoms with Crippen molar-refractivity contribution < 1.29 is 12.8 Å². The van der Waals surface area contributed by atoms with Gasteiger partial charge in [-0.05, 0) is 46.0 Å². The molecule has 0 aliphatic heterocycles. The third-order valence-electron chi connectivity index (χ3n) is 2.31. The zero-order chi connectivity index (χ0) is 14.0. The summed E-state index contributed by atoms with van der Waals surface area (Å²) in [4.78, 5) is 0. The molecule has 0 atom stereocenters. The molecule has 1 rings (SSSR count). The van der Waals surface area contributed by atoms with E-state index in [1.807, 2.05) is 20.8 Å². The summed E-state index contributed by atoms with van der Waals surface area (Å²) in [6.07, 6.45) is 0.537. The van der Waals surface area contributed by atoms with Gasteiger partial charge in [0, 0.05) is 4.47 Å². The fourth-order valence-electron chi connectivity index (χ4n) is 1.23. The number of sulfonamides is 1. The summed E-state index contributed by atoms with van der Waals surface area (Å²) in [5.74, 6) is -0.467. The molecule has 0 unspecified atom stereocenters. The van der Waals surface area contributed by atoms with Gasteiger partial charge in [0.2, 0.25) is 10.0 Å². The maximum atomic E-state index is 13.0. The van der Waals surface area contributed by atoms with Crippen molar-refractivity contribution in [2.24, 2.45) is 5.41 Å². The van der Waals surface area contributed by atoms with Gasteiger partial charge in [-0.3, -0.25) is 4.72 Å². The molecule has 102 valence electrons. The van der Waals surface area contributed by atoms with E-state index in [-0.39, 0.29) is 16.9 Å². The van der Waals surface area contributed by atoms with Crippen LogP contribution in [0, 0.1) is 11.2 Å². The van der Waals surface area contributed by atoms with Crippen molar-refractivity contribution in [3.05, 3.63) is 28.5 Å². The fraction of sp³-hybridized carbons (Fsp3) is 0.500. The van der Waals surface area contributed by atoms with E-state index in [1.165, 1.54) is 12.1 Å². The molecule has 0 heterocycles. The molecule has 1 aromatic rings. The summed E-state index contributed by atoms with van der Waals surface area (Å²) >= 11 is 3.18. The van der Waals surface area contributed by atoms with Crippen LogP contribution in [0.4, 0.5) is 10.1 Å². The molecule has 0 amide bonds. The van der Waals surface area contributed by atoms with E-state index in [0.717, 1.165) is 6.07 Å². The van der Waals surface area contributed by atoms with E-state index in [0.29, 0.717) is 10.9 Å². The Morgan fingerprint density at radius 3 is 2.50 bits per heavy atom. The summed E-state index contributed by atoms with van der Waals surface area (Å²) in [5, 5.41) is 0. The van der Waals surface area contributed by atoms with Crippen LogP contribution in [-0.2, 0) is 10.0 Å². The molecule has 0 saturated heterocycles. The molecule has 0 fully saturated rings. The number of halogens is 2. The van der Waals surface area contributed by atoms with Crippen LogP contribution in [0.3, 0.4) is 0 Å². The number of nitrogens with one attached hydrogen (secondary N) is 1. The van der Waals surface area contributed by atoms with Gasteiger partial charge in [0.15, 0.2) is 0 Å². The summed E-state index contributed by atoms with van der Waals surface area (Å²) < 4.78 is 39.7. The number of hydrogen-bond donors (Lipinski definition) is 1. The van der Waals surface area contributed by atoms with E-state index in [2.05, 4.69) is 20.7 Å². The highest BCUT2D eigenvalue weighted by Crippen LogP contribution is 2.25. The number of anilines is 1. The summed E-state index contributed by atoms with van der Waals surface area (Å²) in [6, 6.07) is 3.88. The molecule has 0 aromatic heterocycles. The molecular formula is C12H17BrFNO2S. The van der Waals surface area contributed by atoms with Gasteiger partial charge in [0.1, 0.15) is 5.82 Å². The van der Waals surface area contributed by atoms with Gasteiger partial charge >= 0.3 is 0 Å². The Morgan fingerprint density at radius 2 is 1.94 bits per heavy atom. The molecule has 3 nitrogen and oxygen atoms in total. The lowest BCUT2D eigenvalue weighted by Gasteiger charge is -2.18. The number of rotatable bonds is 4. The predicted molar refractivity (Wildman–Crippen MR) is 75.6 cm³/mol. The standard InChI is InChI=1S/C12H17BrFNO2S/c1-12(2,3)6-7-18(16,17)15-11-8-9(14)4-5-10(11)13/h4-5,8,15H,6-7H2,1-3H3. The van der Waals surface area contributed by atoms with Gasteiger partial charge in [-0.1, -0.05) is 20.8 Å². The quantitative estimate of drug-likeness (QED) is 0.908. The predicted octanol–water partition coefficient (Wildman–Crippen LogP) is 3.77. The molecule has 0 aliphatic rings. The van der Waals surface area contributed by atoms with Crippen molar-refractivity contribution in [1.29, 1.82) is 0 Å². The Hall–Kier alpha value is -0.620. The molecule has 1 aromatic carbocycles. The van der Waals surface area contributed by atoms with Gasteiger partial charge in [0.25, 0.3) is 0 Å². The van der Waals surface area contributed by atoms with Gasteiger partial charge in [-0.25, -0.2) is 12.8 Å². The van der Waals surface area contributed by atoms with Gasteiger partial charge in [-0.15, -0.1) is 0 Å². The Bertz CT molecular complexity index is 523. The zero-order valence-corrected chi connectivity index (χ0v) is 13.0. The molecule has 0 bridgehead atoms. The van der Waals surface area contributed by atoms with Crippen molar-refractivity contribution in [3.8, 4) is 0 Å². The number of benzene rings is 1. The van der Waals surface area contributed by atoms with Crippen molar-refractivity contribution in [3.63, 3.8) is 0 Å². The molecule has 0 aliphatic carbocycles. The van der Waals surface area contributed by atoms with Crippen LogP contribution in [0.15, 0.2) is 22.7 Å². The van der Waals surface area contributed by atoms with Crippen molar-refractivity contribution in [1.82, 2.24) is 0 Å². The summed E-state index contributed by atoms with van der Waals surface area (Å²) in [7, 11) is -3.45. The van der Waals surface area contributed by atoms with Crippen molar-refractivity contribution in [2.75, 3.05) is 10.5 Å². The summed E-state index contributed by atoms with van der Waals surface area (Å²) in [5.41, 5.74) is 0.164. The molecule has 0 radical (unpaired) electrons. The van der Waals surface area contributed by atoms with Crippen LogP contribution >= 0.6 is 15.9 Å². The molecule has 6 heteroatoms. The monoisotopic (exact) mass is 337 g/mol. The Labute approximate surface area is 116 Å². The van der Waals surface area contributed by atoms with Crippen LogP contribution < -0.4 is 4.72 Å². The second-order valence-corrected chi connectivity index (χ2v) is 8.05. The van der Waals surface area contributed by atoms with Crippen molar-refractivity contribution >= 4 is 31.6 Å². The molecule has 0 spiro atoms. The lowest BCUT2D eigenvalue weighted by atomic mass is 9.94. The highest BCUT2D eigenvalue weighted by molar-refractivity contribution is 9.10. The summed E-state index contributed by atoms with van der Waals surface area (Å²) in [6.45, 7) is 5.92. The first-order valence-electron chi connectivity index (χ1n) is 5.55. The Kier molecular flexibility index (Phi) is 4.78. The second-order valence-electron chi connectivity index (χ2n) is 5.36. The molecule has 1 N–H and O–H groups in total. The third kappa shape index (κ3) is 5.35. The van der Waals surface area contributed by atoms with Crippen LogP contribution in [-0.4, -0.2) is 14.2 Å². The van der Waals surface area contributed by atoms with E-state index >= 15 is 0 Å². The smallest absolute Gasteiger partial charge is 0.232 e. The Balaban J connectivity index is 2.80. The van der Waals surface area contributed by atoms with Gasteiger partial charge < -0.3 is 0 Å². The molecule has 0 saturated carbocycles. The number of hydrogen-bond acceptors (Lipinski definition) is 2. The largest absolute Gasteiger partial charge is 0.282 e. The average Bonchev–Trinajstić information content (AvgIpc) is 2.20. The minimum Gasteiger partial charge on any atom is -0.282 e. The zero-order valence-electron chi connectivity index (χ0n) is 10.6. The van der Waals surface area contributed by atoms with Crippen LogP contribution in [0.5, 0.6) is 0 Å². The van der Waals surface area contributed by atoms with Crippen LogP contribution in [0.25, 0.3) is 0 Å². The Morgan fingerprint density at radius 1 is 1.33 bits per heavy atom. The van der Waals surface area contributed by atoms with E-state index < -0.39 is 15.8 Å². The average molecular weight is 338 g/mol. The lowest BCUT2D eigenvalue weighted by Crippen LogP contribution is -2.21. The molecular weight excluding hydrogens is 321 g/mol. The highest BCUT2D eigenvalue weighted by atomic mass is 79.9. The van der Waals surface area contributed by atoms with Gasteiger partial charge in [-0.2, -0.15) is 0 Å². The fourth-order valence-corrected chi connectivity index (χ4v) is 3.20. The maximum absolute atomic E-state index is 13.0. The normalized spacial score (nSPS) is 12.5. The highest BCUT2D eigenvalue weighted by Gasteiger charge is 2.18. The second kappa shape index (κ2) is 5.57. The minimum absolute atomic E-state index is 0.0133.